The average molecular weight is 338 g/mol. The first-order chi connectivity index (χ1) is 9.66. The van der Waals surface area contributed by atoms with E-state index >= 15 is 0 Å². The quantitative estimate of drug-likeness (QED) is 0.898. The smallest absolute Gasteiger partial charge is 0.334 e. The molecule has 1 N–H and O–H groups in total. The van der Waals surface area contributed by atoms with Gasteiger partial charge in [0.1, 0.15) is 12.1 Å². The van der Waals surface area contributed by atoms with Gasteiger partial charge in [-0.15, -0.1) is 0 Å². The number of anilines is 1. The third-order valence-electron chi connectivity index (χ3n) is 3.23. The lowest BCUT2D eigenvalue weighted by atomic mass is 10.2. The van der Waals surface area contributed by atoms with Crippen LogP contribution in [0.2, 0.25) is 0 Å². The van der Waals surface area contributed by atoms with Gasteiger partial charge in [0.15, 0.2) is 6.10 Å². The maximum atomic E-state index is 11.1. The van der Waals surface area contributed by atoms with Crippen molar-refractivity contribution in [2.24, 2.45) is 0 Å². The molecular weight excluding hydrogens is 326 g/mol. The Hall–Kier alpha value is -1.73. The van der Waals surface area contributed by atoms with E-state index in [1.54, 1.807) is 0 Å². The molecule has 1 unspecified atom stereocenters. The number of nitrogens with zero attached hydrogens (tertiary/aromatic N) is 3. The largest absolute Gasteiger partial charge is 0.479 e. The number of halogens is 1. The molecule has 0 spiro atoms. The molecule has 1 aromatic carbocycles. The predicted octanol–water partition coefficient (Wildman–Crippen LogP) is 1.68. The first kappa shape index (κ1) is 13.3. The topological polar surface area (TPSA) is 75.5 Å². The van der Waals surface area contributed by atoms with Crippen molar-refractivity contribution < 1.29 is 14.6 Å². The van der Waals surface area contributed by atoms with Gasteiger partial charge in [0.25, 0.3) is 0 Å². The van der Waals surface area contributed by atoms with E-state index in [0.29, 0.717) is 13.2 Å². The fraction of sp³-hybridized carbons (Fsp3) is 0.308. The molecule has 104 valence electrons. The van der Waals surface area contributed by atoms with E-state index in [-0.39, 0.29) is 6.54 Å². The molecule has 0 saturated carbocycles. The highest BCUT2D eigenvalue weighted by atomic mass is 79.9. The van der Waals surface area contributed by atoms with Gasteiger partial charge in [-0.3, -0.25) is 0 Å². The maximum absolute atomic E-state index is 11.1. The van der Waals surface area contributed by atoms with Crippen LogP contribution in [0.1, 0.15) is 0 Å². The second kappa shape index (κ2) is 5.34. The fourth-order valence-corrected chi connectivity index (χ4v) is 2.82. The van der Waals surface area contributed by atoms with Crippen LogP contribution in [0.3, 0.4) is 0 Å². The Morgan fingerprint density at radius 3 is 3.10 bits per heavy atom. The van der Waals surface area contributed by atoms with Gasteiger partial charge in [0.2, 0.25) is 0 Å². The van der Waals surface area contributed by atoms with E-state index in [4.69, 9.17) is 9.84 Å². The number of carboxylic acid groups (broad SMARTS) is 1. The zero-order valence-corrected chi connectivity index (χ0v) is 12.1. The Morgan fingerprint density at radius 1 is 1.45 bits per heavy atom. The van der Waals surface area contributed by atoms with Gasteiger partial charge >= 0.3 is 5.97 Å². The Morgan fingerprint density at radius 2 is 2.30 bits per heavy atom. The summed E-state index contributed by atoms with van der Waals surface area (Å²) in [5.74, 6) is -0.218. The van der Waals surface area contributed by atoms with Crippen molar-refractivity contribution in [1.82, 2.24) is 9.97 Å². The summed E-state index contributed by atoms with van der Waals surface area (Å²) in [6.45, 7) is 1.26. The van der Waals surface area contributed by atoms with Crippen LogP contribution in [-0.4, -0.2) is 46.8 Å². The van der Waals surface area contributed by atoms with Crippen molar-refractivity contribution >= 4 is 38.6 Å². The number of carbonyl (C=O) groups is 1. The predicted molar refractivity (Wildman–Crippen MR) is 76.8 cm³/mol. The van der Waals surface area contributed by atoms with Gasteiger partial charge in [0.05, 0.1) is 24.1 Å². The minimum absolute atomic E-state index is 0.281. The van der Waals surface area contributed by atoms with Crippen LogP contribution in [0.5, 0.6) is 0 Å². The minimum Gasteiger partial charge on any atom is -0.479 e. The summed E-state index contributed by atoms with van der Waals surface area (Å²) >= 11 is 3.50. The van der Waals surface area contributed by atoms with Crippen LogP contribution in [0, 0.1) is 0 Å². The molecule has 0 aliphatic carbocycles. The SMILES string of the molecule is O=C(O)C1CN(c2ncnc3cccc(Br)c23)CCO1. The van der Waals surface area contributed by atoms with Crippen molar-refractivity contribution in [3.8, 4) is 0 Å². The van der Waals surface area contributed by atoms with Crippen LogP contribution in [0.4, 0.5) is 5.82 Å². The lowest BCUT2D eigenvalue weighted by Crippen LogP contribution is -2.46. The Balaban J connectivity index is 2.03. The molecule has 6 nitrogen and oxygen atoms in total. The lowest BCUT2D eigenvalue weighted by Gasteiger charge is -2.32. The molecule has 7 heteroatoms. The van der Waals surface area contributed by atoms with Gasteiger partial charge in [-0.25, -0.2) is 14.8 Å². The number of hydrogen-bond donors (Lipinski definition) is 1. The van der Waals surface area contributed by atoms with Gasteiger partial charge < -0.3 is 14.7 Å². The summed E-state index contributed by atoms with van der Waals surface area (Å²) in [6.07, 6.45) is 0.672. The van der Waals surface area contributed by atoms with Crippen LogP contribution in [-0.2, 0) is 9.53 Å². The van der Waals surface area contributed by atoms with Crippen LogP contribution >= 0.6 is 15.9 Å². The monoisotopic (exact) mass is 337 g/mol. The van der Waals surface area contributed by atoms with Crippen molar-refractivity contribution in [2.45, 2.75) is 6.10 Å². The molecule has 0 amide bonds. The highest BCUT2D eigenvalue weighted by Gasteiger charge is 2.28. The molecule has 2 aromatic rings. The third-order valence-corrected chi connectivity index (χ3v) is 3.89. The van der Waals surface area contributed by atoms with Crippen molar-refractivity contribution in [1.29, 1.82) is 0 Å². The lowest BCUT2D eigenvalue weighted by molar-refractivity contribution is -0.150. The molecule has 1 aromatic heterocycles. The number of carboxylic acids is 1. The van der Waals surface area contributed by atoms with E-state index in [0.717, 1.165) is 21.2 Å². The molecule has 1 aliphatic heterocycles. The first-order valence-corrected chi connectivity index (χ1v) is 6.94. The molecule has 20 heavy (non-hydrogen) atoms. The number of fused-ring (bicyclic) bond motifs is 1. The normalized spacial score (nSPS) is 19.2. The molecule has 1 aliphatic rings. The standard InChI is InChI=1S/C13H12BrN3O3/c14-8-2-1-3-9-11(8)12(16-7-15-9)17-4-5-20-10(6-17)13(18)19/h1-3,7,10H,4-6H2,(H,18,19). The van der Waals surface area contributed by atoms with Gasteiger partial charge in [-0.2, -0.15) is 0 Å². The molecule has 3 rings (SSSR count). The van der Waals surface area contributed by atoms with Gasteiger partial charge in [-0.1, -0.05) is 6.07 Å². The molecule has 1 fully saturated rings. The number of rotatable bonds is 2. The van der Waals surface area contributed by atoms with Crippen molar-refractivity contribution in [2.75, 3.05) is 24.6 Å². The van der Waals surface area contributed by atoms with E-state index < -0.39 is 12.1 Å². The summed E-state index contributed by atoms with van der Waals surface area (Å²) in [6, 6.07) is 5.73. The van der Waals surface area contributed by atoms with Crippen molar-refractivity contribution in [3.63, 3.8) is 0 Å². The highest BCUT2D eigenvalue weighted by molar-refractivity contribution is 9.10. The average Bonchev–Trinajstić information content (AvgIpc) is 2.47. The first-order valence-electron chi connectivity index (χ1n) is 6.15. The highest BCUT2D eigenvalue weighted by Crippen LogP contribution is 2.30. The summed E-state index contributed by atoms with van der Waals surface area (Å²) in [7, 11) is 0. The van der Waals surface area contributed by atoms with E-state index in [1.165, 1.54) is 6.33 Å². The summed E-state index contributed by atoms with van der Waals surface area (Å²) < 4.78 is 6.13. The number of aromatic nitrogens is 2. The van der Waals surface area contributed by atoms with Crippen LogP contribution in [0.25, 0.3) is 10.9 Å². The third kappa shape index (κ3) is 2.34. The molecule has 1 atom stereocenters. The Labute approximate surface area is 123 Å². The van der Waals surface area contributed by atoms with E-state index in [2.05, 4.69) is 25.9 Å². The Kier molecular flexibility index (Phi) is 3.54. The molecule has 1 saturated heterocycles. The fourth-order valence-electron chi connectivity index (χ4n) is 2.28. The number of aliphatic carboxylic acids is 1. The zero-order chi connectivity index (χ0) is 14.1. The number of ether oxygens (including phenoxy) is 1. The van der Waals surface area contributed by atoms with Gasteiger partial charge in [0, 0.05) is 11.0 Å². The molecular formula is C13H12BrN3O3. The number of hydrogen-bond acceptors (Lipinski definition) is 5. The van der Waals surface area contributed by atoms with Crippen LogP contribution in [0.15, 0.2) is 29.0 Å². The van der Waals surface area contributed by atoms with Gasteiger partial charge in [-0.05, 0) is 28.1 Å². The number of benzene rings is 1. The van der Waals surface area contributed by atoms with Crippen molar-refractivity contribution in [3.05, 3.63) is 29.0 Å². The van der Waals surface area contributed by atoms with Crippen LogP contribution < -0.4 is 4.90 Å². The molecule has 0 radical (unpaired) electrons. The zero-order valence-electron chi connectivity index (χ0n) is 10.5. The minimum atomic E-state index is -0.952. The molecule has 0 bridgehead atoms. The second-order valence-electron chi connectivity index (χ2n) is 4.47. The maximum Gasteiger partial charge on any atom is 0.334 e. The van der Waals surface area contributed by atoms with E-state index in [9.17, 15) is 4.79 Å². The Bertz CT molecular complexity index is 659. The summed E-state index contributed by atoms with van der Waals surface area (Å²) in [5, 5.41) is 9.97. The molecule has 2 heterocycles. The van der Waals surface area contributed by atoms with E-state index in [1.807, 2.05) is 23.1 Å². The second-order valence-corrected chi connectivity index (χ2v) is 5.33. The summed E-state index contributed by atoms with van der Waals surface area (Å²) in [4.78, 5) is 21.6. The number of morpholine rings is 1. The summed E-state index contributed by atoms with van der Waals surface area (Å²) in [5.41, 5.74) is 0.822.